The number of hydrogen-bond donors (Lipinski definition) is 0. The first-order valence-electron chi connectivity index (χ1n) is 15.6. The summed E-state index contributed by atoms with van der Waals surface area (Å²) >= 11 is 0. The Morgan fingerprint density at radius 1 is 0.391 bits per heavy atom. The molecule has 0 N–H and O–H groups in total. The fourth-order valence-electron chi connectivity index (χ4n) is 7.37. The Morgan fingerprint density at radius 3 is 1.85 bits per heavy atom. The summed E-state index contributed by atoms with van der Waals surface area (Å²) in [6.45, 7) is 0. The van der Waals surface area contributed by atoms with Crippen molar-refractivity contribution in [3.8, 4) is 22.9 Å². The molecule has 10 rings (SSSR count). The normalized spacial score (nSPS) is 11.9. The smallest absolute Gasteiger partial charge is 0.235 e. The monoisotopic (exact) mass is 586 g/mol. The molecule has 0 aliphatic carbocycles. The van der Waals surface area contributed by atoms with Gasteiger partial charge in [0.05, 0.1) is 33.3 Å². The fraction of sp³-hybridized carbons (Fsp3) is 0. The van der Waals surface area contributed by atoms with Crippen LogP contribution in [0.15, 0.2) is 158 Å². The number of rotatable bonds is 3. The van der Waals surface area contributed by atoms with Crippen LogP contribution in [0.1, 0.15) is 0 Å². The van der Waals surface area contributed by atoms with Gasteiger partial charge in [-0.25, -0.2) is 9.97 Å². The molecule has 0 aliphatic rings. The first-order valence-corrected chi connectivity index (χ1v) is 15.6. The van der Waals surface area contributed by atoms with Crippen molar-refractivity contribution >= 4 is 65.3 Å². The van der Waals surface area contributed by atoms with Crippen LogP contribution in [-0.2, 0) is 0 Å². The topological polar surface area (TPSA) is 35.6 Å². The number of hydrogen-bond acceptors (Lipinski definition) is 2. The third kappa shape index (κ3) is 3.49. The zero-order valence-electron chi connectivity index (χ0n) is 24.8. The van der Waals surface area contributed by atoms with Gasteiger partial charge in [-0.3, -0.25) is 4.57 Å². The van der Waals surface area contributed by atoms with Crippen molar-refractivity contribution in [3.05, 3.63) is 158 Å². The van der Waals surface area contributed by atoms with E-state index in [0.717, 1.165) is 38.9 Å². The van der Waals surface area contributed by atoms with Gasteiger partial charge in [0.1, 0.15) is 0 Å². The lowest BCUT2D eigenvalue weighted by atomic mass is 10.0. The molecule has 3 aromatic heterocycles. The van der Waals surface area contributed by atoms with E-state index in [1.807, 2.05) is 12.1 Å². The van der Waals surface area contributed by atoms with Gasteiger partial charge < -0.3 is 4.57 Å². The molecule has 0 bridgehead atoms. The summed E-state index contributed by atoms with van der Waals surface area (Å²) < 4.78 is 4.67. The van der Waals surface area contributed by atoms with Crippen LogP contribution in [0, 0.1) is 0 Å². The molecule has 0 saturated carbocycles. The maximum absolute atomic E-state index is 5.30. The molecule has 4 nitrogen and oxygen atoms in total. The molecule has 10 aromatic rings. The van der Waals surface area contributed by atoms with Gasteiger partial charge in [-0.05, 0) is 41.8 Å². The number of para-hydroxylation sites is 3. The lowest BCUT2D eigenvalue weighted by molar-refractivity contribution is 1.01. The predicted octanol–water partition coefficient (Wildman–Crippen LogP) is 10.6. The zero-order valence-corrected chi connectivity index (χ0v) is 24.8. The minimum Gasteiger partial charge on any atom is -0.309 e. The van der Waals surface area contributed by atoms with Crippen molar-refractivity contribution in [1.29, 1.82) is 0 Å². The summed E-state index contributed by atoms with van der Waals surface area (Å²) in [5, 5.41) is 8.37. The molecule has 0 aliphatic heterocycles. The molecule has 46 heavy (non-hydrogen) atoms. The van der Waals surface area contributed by atoms with Crippen LogP contribution in [0.3, 0.4) is 0 Å². The molecule has 4 heteroatoms. The average molecular weight is 587 g/mol. The van der Waals surface area contributed by atoms with Crippen LogP contribution in [0.4, 0.5) is 0 Å². The number of fused-ring (bicyclic) bond motifs is 10. The molecule has 7 aromatic carbocycles. The molecule has 0 atom stereocenters. The van der Waals surface area contributed by atoms with E-state index in [4.69, 9.17) is 9.97 Å². The van der Waals surface area contributed by atoms with Crippen LogP contribution < -0.4 is 0 Å². The molecule has 3 heterocycles. The van der Waals surface area contributed by atoms with Gasteiger partial charge in [0.15, 0.2) is 0 Å². The van der Waals surface area contributed by atoms with E-state index in [1.54, 1.807) is 0 Å². The second kappa shape index (κ2) is 9.62. The van der Waals surface area contributed by atoms with E-state index in [0.29, 0.717) is 5.95 Å². The first-order chi connectivity index (χ1) is 22.8. The second-order valence-corrected chi connectivity index (χ2v) is 11.8. The highest BCUT2D eigenvalue weighted by atomic mass is 15.2. The highest BCUT2D eigenvalue weighted by Gasteiger charge is 2.23. The molecule has 0 spiro atoms. The Balaban J connectivity index is 1.39. The standard InChI is InChI=1S/C42H26N4/c1-3-14-28(15-4-1)40-31-19-9-11-21-34(31)43-42(44-40)46-35-22-12-10-20-32(35)38-37(46)26-25-36-39(38)33-24-23-27-13-7-8-18-30(27)41(33)45(36)29-16-5-2-6-17-29/h1-26H. The van der Waals surface area contributed by atoms with Crippen molar-refractivity contribution in [2.45, 2.75) is 0 Å². The minimum atomic E-state index is 0.667. The molecular weight excluding hydrogens is 560 g/mol. The molecule has 0 saturated heterocycles. The summed E-state index contributed by atoms with van der Waals surface area (Å²) in [5.74, 6) is 0.667. The van der Waals surface area contributed by atoms with Crippen LogP contribution in [-0.4, -0.2) is 19.1 Å². The van der Waals surface area contributed by atoms with Gasteiger partial charge in [-0.15, -0.1) is 0 Å². The van der Waals surface area contributed by atoms with Crippen LogP contribution >= 0.6 is 0 Å². The van der Waals surface area contributed by atoms with Crippen molar-refractivity contribution in [2.75, 3.05) is 0 Å². The van der Waals surface area contributed by atoms with Gasteiger partial charge in [0, 0.05) is 43.6 Å². The predicted molar refractivity (Wildman–Crippen MR) is 191 cm³/mol. The maximum atomic E-state index is 5.30. The highest BCUT2D eigenvalue weighted by Crippen LogP contribution is 2.44. The van der Waals surface area contributed by atoms with Crippen LogP contribution in [0.2, 0.25) is 0 Å². The molecule has 0 radical (unpaired) electrons. The molecule has 0 fully saturated rings. The minimum absolute atomic E-state index is 0.667. The lowest BCUT2D eigenvalue weighted by Gasteiger charge is -2.12. The van der Waals surface area contributed by atoms with E-state index < -0.39 is 0 Å². The SMILES string of the molecule is c1ccc(-c2nc(-n3c4ccccc4c4c5c6ccc7ccccc7c6n(-c6ccccc6)c5ccc43)nc3ccccc23)cc1. The van der Waals surface area contributed by atoms with Gasteiger partial charge in [0.25, 0.3) is 0 Å². The van der Waals surface area contributed by atoms with Crippen LogP contribution in [0.5, 0.6) is 0 Å². The van der Waals surface area contributed by atoms with Crippen molar-refractivity contribution in [1.82, 2.24) is 19.1 Å². The van der Waals surface area contributed by atoms with E-state index in [2.05, 4.69) is 155 Å². The summed E-state index contributed by atoms with van der Waals surface area (Å²) in [6, 6.07) is 55.8. The van der Waals surface area contributed by atoms with Gasteiger partial charge >= 0.3 is 0 Å². The Kier molecular flexibility index (Phi) is 5.25. The van der Waals surface area contributed by atoms with E-state index in [-0.39, 0.29) is 0 Å². The first kappa shape index (κ1) is 25.1. The van der Waals surface area contributed by atoms with Gasteiger partial charge in [-0.2, -0.15) is 0 Å². The van der Waals surface area contributed by atoms with Crippen molar-refractivity contribution in [3.63, 3.8) is 0 Å². The summed E-state index contributed by atoms with van der Waals surface area (Å²) in [7, 11) is 0. The Morgan fingerprint density at radius 2 is 1.02 bits per heavy atom. The number of benzene rings is 7. The van der Waals surface area contributed by atoms with Gasteiger partial charge in [0.2, 0.25) is 5.95 Å². The third-order valence-corrected chi connectivity index (χ3v) is 9.30. The van der Waals surface area contributed by atoms with Crippen molar-refractivity contribution < 1.29 is 0 Å². The number of aromatic nitrogens is 4. The second-order valence-electron chi connectivity index (χ2n) is 11.8. The Labute approximate surface area is 264 Å². The lowest BCUT2D eigenvalue weighted by Crippen LogP contribution is -2.03. The average Bonchev–Trinajstić information content (AvgIpc) is 3.65. The third-order valence-electron chi connectivity index (χ3n) is 9.30. The quantitative estimate of drug-likeness (QED) is 0.206. The fourth-order valence-corrected chi connectivity index (χ4v) is 7.37. The van der Waals surface area contributed by atoms with E-state index in [9.17, 15) is 0 Å². The van der Waals surface area contributed by atoms with E-state index in [1.165, 1.54) is 43.4 Å². The zero-order chi connectivity index (χ0) is 30.2. The molecule has 214 valence electrons. The summed E-state index contributed by atoms with van der Waals surface area (Å²) in [4.78, 5) is 10.5. The molecule has 0 unspecified atom stereocenters. The summed E-state index contributed by atoms with van der Waals surface area (Å²) in [6.07, 6.45) is 0. The molecule has 0 amide bonds. The van der Waals surface area contributed by atoms with Crippen molar-refractivity contribution in [2.24, 2.45) is 0 Å². The highest BCUT2D eigenvalue weighted by molar-refractivity contribution is 6.31. The largest absolute Gasteiger partial charge is 0.309 e. The summed E-state index contributed by atoms with van der Waals surface area (Å²) in [5.41, 5.74) is 8.64. The Hall–Kier alpha value is -6.26. The molecular formula is C42H26N4. The van der Waals surface area contributed by atoms with E-state index >= 15 is 0 Å². The number of nitrogens with zero attached hydrogens (tertiary/aromatic N) is 4. The Bertz CT molecular complexity index is 2790. The maximum Gasteiger partial charge on any atom is 0.235 e. The van der Waals surface area contributed by atoms with Gasteiger partial charge in [-0.1, -0.05) is 121 Å². The van der Waals surface area contributed by atoms with Crippen LogP contribution in [0.25, 0.3) is 88.2 Å².